The van der Waals surface area contributed by atoms with E-state index in [0.29, 0.717) is 19.0 Å². The van der Waals surface area contributed by atoms with E-state index in [1.54, 1.807) is 7.05 Å². The van der Waals surface area contributed by atoms with Crippen molar-refractivity contribution in [2.24, 2.45) is 4.99 Å². The minimum atomic E-state index is -0.0676. The van der Waals surface area contributed by atoms with Crippen LogP contribution in [0, 0.1) is 0 Å². The van der Waals surface area contributed by atoms with Crippen LogP contribution in [0.1, 0.15) is 11.1 Å². The largest absolute Gasteiger partial charge is 0.350 e. The van der Waals surface area contributed by atoms with Gasteiger partial charge in [0, 0.05) is 31.7 Å². The van der Waals surface area contributed by atoms with Crippen LogP contribution in [0.25, 0.3) is 0 Å². The number of guanidine groups is 1. The Morgan fingerprint density at radius 1 is 1.04 bits per heavy atom. The van der Waals surface area contributed by atoms with E-state index < -0.39 is 0 Å². The number of amides is 1. The van der Waals surface area contributed by atoms with E-state index in [-0.39, 0.29) is 12.5 Å². The second kappa shape index (κ2) is 9.84. The highest BCUT2D eigenvalue weighted by Gasteiger charge is 2.09. The highest BCUT2D eigenvalue weighted by Crippen LogP contribution is 2.11. The maximum absolute atomic E-state index is 12.0. The number of hydrogen-bond donors (Lipinski definition) is 2. The van der Waals surface area contributed by atoms with E-state index in [4.69, 9.17) is 0 Å². The van der Waals surface area contributed by atoms with Gasteiger partial charge in [-0.1, -0.05) is 58.4 Å². The Morgan fingerprint density at radius 3 is 2.36 bits per heavy atom. The van der Waals surface area contributed by atoms with Crippen LogP contribution < -0.4 is 10.6 Å². The molecule has 0 heterocycles. The van der Waals surface area contributed by atoms with Crippen molar-refractivity contribution in [2.75, 3.05) is 20.6 Å². The molecule has 0 fully saturated rings. The summed E-state index contributed by atoms with van der Waals surface area (Å²) in [6.07, 6.45) is 0. The molecular weight excluding hydrogens is 380 g/mol. The lowest BCUT2D eigenvalue weighted by Gasteiger charge is -2.22. The topological polar surface area (TPSA) is 56.7 Å². The average molecular weight is 403 g/mol. The Morgan fingerprint density at radius 2 is 1.72 bits per heavy atom. The molecule has 0 unspecified atom stereocenters. The molecular formula is C19H23BrN4O. The van der Waals surface area contributed by atoms with E-state index in [2.05, 4.69) is 43.7 Å². The van der Waals surface area contributed by atoms with Gasteiger partial charge in [-0.15, -0.1) is 0 Å². The minimum Gasteiger partial charge on any atom is -0.350 e. The first-order valence-electron chi connectivity index (χ1n) is 8.05. The molecule has 1 amide bonds. The van der Waals surface area contributed by atoms with Crippen LogP contribution in [0.2, 0.25) is 0 Å². The predicted octanol–water partition coefficient (Wildman–Crippen LogP) is 2.77. The van der Waals surface area contributed by atoms with Gasteiger partial charge in [0.25, 0.3) is 0 Å². The van der Waals surface area contributed by atoms with E-state index >= 15 is 0 Å². The number of aliphatic imine (C=N–C) groups is 1. The van der Waals surface area contributed by atoms with Crippen LogP contribution in [0.15, 0.2) is 64.1 Å². The molecule has 0 spiro atoms. The quantitative estimate of drug-likeness (QED) is 0.576. The Balaban J connectivity index is 1.78. The van der Waals surface area contributed by atoms with Crippen molar-refractivity contribution in [1.29, 1.82) is 0 Å². The molecule has 0 bridgehead atoms. The number of hydrogen-bond acceptors (Lipinski definition) is 2. The molecule has 0 aliphatic heterocycles. The summed E-state index contributed by atoms with van der Waals surface area (Å²) in [5.41, 5.74) is 2.25. The van der Waals surface area contributed by atoms with Gasteiger partial charge in [-0.2, -0.15) is 0 Å². The normalized spacial score (nSPS) is 11.1. The smallest absolute Gasteiger partial charge is 0.239 e. The molecule has 25 heavy (non-hydrogen) atoms. The summed E-state index contributed by atoms with van der Waals surface area (Å²) < 4.78 is 1.05. The van der Waals surface area contributed by atoms with Crippen molar-refractivity contribution in [3.05, 3.63) is 70.2 Å². The fourth-order valence-corrected chi connectivity index (χ4v) is 2.61. The highest BCUT2D eigenvalue weighted by atomic mass is 79.9. The zero-order valence-electron chi connectivity index (χ0n) is 14.5. The predicted molar refractivity (Wildman–Crippen MR) is 105 cm³/mol. The number of nitrogens with zero attached hydrogens (tertiary/aromatic N) is 2. The van der Waals surface area contributed by atoms with Crippen molar-refractivity contribution in [3.63, 3.8) is 0 Å². The molecule has 0 aliphatic carbocycles. The molecule has 0 atom stereocenters. The maximum atomic E-state index is 12.0. The van der Waals surface area contributed by atoms with Gasteiger partial charge >= 0.3 is 0 Å². The van der Waals surface area contributed by atoms with Gasteiger partial charge in [0.2, 0.25) is 5.91 Å². The highest BCUT2D eigenvalue weighted by molar-refractivity contribution is 9.10. The van der Waals surface area contributed by atoms with Gasteiger partial charge in [-0.05, 0) is 23.3 Å². The second-order valence-corrected chi connectivity index (χ2v) is 6.56. The lowest BCUT2D eigenvalue weighted by molar-refractivity contribution is -0.120. The number of carbonyl (C=O) groups excluding carboxylic acids is 1. The second-order valence-electron chi connectivity index (χ2n) is 5.65. The number of benzene rings is 2. The van der Waals surface area contributed by atoms with Crippen LogP contribution in [0.5, 0.6) is 0 Å². The van der Waals surface area contributed by atoms with Gasteiger partial charge in [0.15, 0.2) is 5.96 Å². The van der Waals surface area contributed by atoms with Gasteiger partial charge in [-0.3, -0.25) is 9.79 Å². The van der Waals surface area contributed by atoms with Crippen molar-refractivity contribution in [1.82, 2.24) is 15.5 Å². The minimum absolute atomic E-state index is 0.0676. The van der Waals surface area contributed by atoms with Crippen LogP contribution in [-0.4, -0.2) is 37.4 Å². The fraction of sp³-hybridized carbons (Fsp3) is 0.263. The molecule has 0 radical (unpaired) electrons. The number of rotatable bonds is 6. The Hall–Kier alpha value is -2.34. The van der Waals surface area contributed by atoms with Crippen LogP contribution in [0.3, 0.4) is 0 Å². The van der Waals surface area contributed by atoms with E-state index in [9.17, 15) is 4.79 Å². The average Bonchev–Trinajstić information content (AvgIpc) is 2.63. The van der Waals surface area contributed by atoms with Crippen LogP contribution in [-0.2, 0) is 17.9 Å². The summed E-state index contributed by atoms with van der Waals surface area (Å²) in [5.74, 6) is 0.611. The molecule has 132 valence electrons. The molecule has 2 rings (SSSR count). The molecule has 0 aliphatic rings. The first kappa shape index (κ1) is 19.0. The van der Waals surface area contributed by atoms with Crippen LogP contribution in [0.4, 0.5) is 0 Å². The molecule has 0 saturated heterocycles. The molecule has 2 aromatic rings. The summed E-state index contributed by atoms with van der Waals surface area (Å²) in [4.78, 5) is 18.2. The monoisotopic (exact) mass is 402 g/mol. The maximum Gasteiger partial charge on any atom is 0.239 e. The van der Waals surface area contributed by atoms with E-state index in [1.165, 1.54) is 5.56 Å². The lowest BCUT2D eigenvalue weighted by Crippen LogP contribution is -2.43. The molecule has 5 nitrogen and oxygen atoms in total. The molecule has 2 aromatic carbocycles. The summed E-state index contributed by atoms with van der Waals surface area (Å²) in [7, 11) is 3.65. The number of halogens is 1. The van der Waals surface area contributed by atoms with Gasteiger partial charge in [0.1, 0.15) is 0 Å². The lowest BCUT2D eigenvalue weighted by atomic mass is 10.2. The molecule has 6 heteroatoms. The fourth-order valence-electron chi connectivity index (χ4n) is 2.34. The van der Waals surface area contributed by atoms with Gasteiger partial charge < -0.3 is 15.5 Å². The Labute approximate surface area is 157 Å². The summed E-state index contributed by atoms with van der Waals surface area (Å²) in [6.45, 7) is 1.41. The zero-order valence-corrected chi connectivity index (χ0v) is 16.1. The molecule has 2 N–H and O–H groups in total. The van der Waals surface area contributed by atoms with Gasteiger partial charge in [-0.25, -0.2) is 0 Å². The Kier molecular flexibility index (Phi) is 7.47. The van der Waals surface area contributed by atoms with Crippen molar-refractivity contribution in [3.8, 4) is 0 Å². The summed E-state index contributed by atoms with van der Waals surface area (Å²) >= 11 is 3.43. The van der Waals surface area contributed by atoms with E-state index in [1.807, 2.05) is 54.4 Å². The summed E-state index contributed by atoms with van der Waals surface area (Å²) in [5, 5.41) is 5.98. The third-order valence-electron chi connectivity index (χ3n) is 3.65. The van der Waals surface area contributed by atoms with Crippen LogP contribution >= 0.6 is 15.9 Å². The number of nitrogens with one attached hydrogen (secondary N) is 2. The molecule has 0 saturated carbocycles. The van der Waals surface area contributed by atoms with E-state index in [0.717, 1.165) is 10.0 Å². The van der Waals surface area contributed by atoms with Gasteiger partial charge in [0.05, 0.1) is 6.54 Å². The first-order chi connectivity index (χ1) is 12.1. The summed E-state index contributed by atoms with van der Waals surface area (Å²) in [6, 6.07) is 18.0. The van der Waals surface area contributed by atoms with Crippen molar-refractivity contribution in [2.45, 2.75) is 13.1 Å². The van der Waals surface area contributed by atoms with Crippen molar-refractivity contribution >= 4 is 27.8 Å². The third-order valence-corrected chi connectivity index (χ3v) is 4.17. The Bertz CT molecular complexity index is 701. The van der Waals surface area contributed by atoms with Crippen molar-refractivity contribution < 1.29 is 4.79 Å². The molecule has 0 aromatic heterocycles. The standard InChI is InChI=1S/C19H23BrN4O/c1-21-19(24(2)14-16-8-10-17(20)11-9-16)23-13-18(25)22-12-15-6-4-3-5-7-15/h3-11H,12-14H2,1-2H3,(H,21,23)(H,22,25). The third kappa shape index (κ3) is 6.58. The number of carbonyl (C=O) groups is 1. The zero-order chi connectivity index (χ0) is 18.1. The first-order valence-corrected chi connectivity index (χ1v) is 8.84. The SMILES string of the molecule is CN=C(NCC(=O)NCc1ccccc1)N(C)Cc1ccc(Br)cc1.